The van der Waals surface area contributed by atoms with Crippen LogP contribution in [-0.2, 0) is 6.18 Å². The third-order valence-electron chi connectivity index (χ3n) is 2.06. The molecule has 0 heterocycles. The lowest BCUT2D eigenvalue weighted by Crippen LogP contribution is -2.26. The molecule has 18 heavy (non-hydrogen) atoms. The molecule has 0 unspecified atom stereocenters. The van der Waals surface area contributed by atoms with E-state index in [-0.39, 0.29) is 20.4 Å². The van der Waals surface area contributed by atoms with Crippen LogP contribution in [0.2, 0.25) is 0 Å². The maximum atomic E-state index is 12.4. The first-order valence-electron chi connectivity index (χ1n) is 5.05. The van der Waals surface area contributed by atoms with Gasteiger partial charge < -0.3 is 5.32 Å². The molecular formula is C14H24F3N. The van der Waals surface area contributed by atoms with Crippen LogP contribution >= 0.6 is 0 Å². The summed E-state index contributed by atoms with van der Waals surface area (Å²) in [4.78, 5) is 0. The third kappa shape index (κ3) is 5.43. The SMILES string of the molecule is C.C.Cc1cc(C(F)(F)F)ccc1NC(C)(C)C. The number of aryl methyl sites for hydroxylation is 1. The summed E-state index contributed by atoms with van der Waals surface area (Å²) in [5, 5.41) is 3.16. The normalized spacial score (nSPS) is 11.3. The number of alkyl halides is 3. The standard InChI is InChI=1S/C12H16F3N.2CH4/c1-8-7-9(12(13,14)15)5-6-10(8)16-11(2,3)4;;/h5-7,16H,1-4H3;2*1H4. The number of anilines is 1. The van der Waals surface area contributed by atoms with Crippen molar-refractivity contribution < 1.29 is 13.2 Å². The van der Waals surface area contributed by atoms with Crippen molar-refractivity contribution in [2.45, 2.75) is 54.3 Å². The smallest absolute Gasteiger partial charge is 0.380 e. The van der Waals surface area contributed by atoms with Crippen molar-refractivity contribution in [2.24, 2.45) is 0 Å². The van der Waals surface area contributed by atoms with E-state index < -0.39 is 11.7 Å². The van der Waals surface area contributed by atoms with Crippen molar-refractivity contribution in [1.82, 2.24) is 0 Å². The molecule has 106 valence electrons. The lowest BCUT2D eigenvalue weighted by atomic mass is 10.0. The molecule has 0 saturated carbocycles. The zero-order valence-electron chi connectivity index (χ0n) is 9.87. The molecule has 4 heteroatoms. The summed E-state index contributed by atoms with van der Waals surface area (Å²) in [6.45, 7) is 7.56. The summed E-state index contributed by atoms with van der Waals surface area (Å²) >= 11 is 0. The van der Waals surface area contributed by atoms with Gasteiger partial charge in [0.2, 0.25) is 0 Å². The Balaban J connectivity index is 0. The Kier molecular flexibility index (Phi) is 6.51. The highest BCUT2D eigenvalue weighted by atomic mass is 19.4. The molecule has 1 rings (SSSR count). The zero-order chi connectivity index (χ0) is 12.6. The fourth-order valence-electron chi connectivity index (χ4n) is 1.38. The van der Waals surface area contributed by atoms with Crippen LogP contribution in [0.1, 0.15) is 46.8 Å². The van der Waals surface area contributed by atoms with Crippen molar-refractivity contribution >= 4 is 5.69 Å². The van der Waals surface area contributed by atoms with Crippen LogP contribution in [0.25, 0.3) is 0 Å². The molecule has 0 aliphatic carbocycles. The van der Waals surface area contributed by atoms with E-state index >= 15 is 0 Å². The predicted octanol–water partition coefficient (Wildman–Crippen LogP) is 5.50. The van der Waals surface area contributed by atoms with Crippen LogP contribution in [0.4, 0.5) is 18.9 Å². The minimum Gasteiger partial charge on any atom is -0.380 e. The van der Waals surface area contributed by atoms with Crippen molar-refractivity contribution in [3.63, 3.8) is 0 Å². The highest BCUT2D eigenvalue weighted by Gasteiger charge is 2.30. The van der Waals surface area contributed by atoms with E-state index in [2.05, 4.69) is 5.32 Å². The minimum atomic E-state index is -4.27. The minimum absolute atomic E-state index is 0. The molecule has 0 amide bonds. The molecule has 0 aliphatic rings. The van der Waals surface area contributed by atoms with E-state index in [1.807, 2.05) is 20.8 Å². The highest BCUT2D eigenvalue weighted by Crippen LogP contribution is 2.32. The second-order valence-electron chi connectivity index (χ2n) is 4.90. The summed E-state index contributed by atoms with van der Waals surface area (Å²) in [6.07, 6.45) is -4.27. The van der Waals surface area contributed by atoms with E-state index in [1.165, 1.54) is 6.07 Å². The van der Waals surface area contributed by atoms with Gasteiger partial charge in [-0.1, -0.05) is 14.9 Å². The molecule has 1 aromatic carbocycles. The van der Waals surface area contributed by atoms with Gasteiger partial charge in [0.15, 0.2) is 0 Å². The van der Waals surface area contributed by atoms with Crippen LogP contribution in [0, 0.1) is 6.92 Å². The Labute approximate surface area is 108 Å². The summed E-state index contributed by atoms with van der Waals surface area (Å²) in [7, 11) is 0. The number of halogens is 3. The quantitative estimate of drug-likeness (QED) is 0.705. The van der Waals surface area contributed by atoms with E-state index in [0.29, 0.717) is 5.56 Å². The van der Waals surface area contributed by atoms with E-state index in [4.69, 9.17) is 0 Å². The van der Waals surface area contributed by atoms with Gasteiger partial charge in [-0.15, -0.1) is 0 Å². The number of hydrogen-bond acceptors (Lipinski definition) is 1. The molecule has 0 bridgehead atoms. The Morgan fingerprint density at radius 2 is 1.50 bits per heavy atom. The average molecular weight is 263 g/mol. The van der Waals surface area contributed by atoms with Crippen molar-refractivity contribution in [1.29, 1.82) is 0 Å². The van der Waals surface area contributed by atoms with E-state index in [9.17, 15) is 13.2 Å². The van der Waals surface area contributed by atoms with Crippen LogP contribution < -0.4 is 5.32 Å². The summed E-state index contributed by atoms with van der Waals surface area (Å²) in [5.74, 6) is 0. The van der Waals surface area contributed by atoms with Crippen LogP contribution in [-0.4, -0.2) is 5.54 Å². The van der Waals surface area contributed by atoms with Crippen LogP contribution in [0.5, 0.6) is 0 Å². The van der Waals surface area contributed by atoms with Crippen molar-refractivity contribution in [3.8, 4) is 0 Å². The Bertz CT molecular complexity index is 376. The second-order valence-corrected chi connectivity index (χ2v) is 4.90. The fraction of sp³-hybridized carbons (Fsp3) is 0.571. The molecule has 0 atom stereocenters. The molecule has 0 saturated heterocycles. The number of benzene rings is 1. The largest absolute Gasteiger partial charge is 0.416 e. The average Bonchev–Trinajstić information content (AvgIpc) is 2.04. The first-order chi connectivity index (χ1) is 7.09. The van der Waals surface area contributed by atoms with Crippen LogP contribution in [0.15, 0.2) is 18.2 Å². The van der Waals surface area contributed by atoms with Gasteiger partial charge in [-0.3, -0.25) is 0 Å². The van der Waals surface area contributed by atoms with Gasteiger partial charge in [0, 0.05) is 11.2 Å². The van der Waals surface area contributed by atoms with Gasteiger partial charge in [-0.2, -0.15) is 13.2 Å². The van der Waals surface area contributed by atoms with Gasteiger partial charge in [0.1, 0.15) is 0 Å². The lowest BCUT2D eigenvalue weighted by Gasteiger charge is -2.24. The summed E-state index contributed by atoms with van der Waals surface area (Å²) < 4.78 is 37.3. The molecular weight excluding hydrogens is 239 g/mol. The number of nitrogens with one attached hydrogen (secondary N) is 1. The lowest BCUT2D eigenvalue weighted by molar-refractivity contribution is -0.137. The Morgan fingerprint density at radius 1 is 1.00 bits per heavy atom. The van der Waals surface area contributed by atoms with Crippen molar-refractivity contribution in [3.05, 3.63) is 29.3 Å². The molecule has 0 fully saturated rings. The summed E-state index contributed by atoms with van der Waals surface area (Å²) in [5.41, 5.74) is 0.569. The zero-order valence-corrected chi connectivity index (χ0v) is 9.87. The van der Waals surface area contributed by atoms with Gasteiger partial charge in [-0.05, 0) is 51.5 Å². The maximum Gasteiger partial charge on any atom is 0.416 e. The topological polar surface area (TPSA) is 12.0 Å². The summed E-state index contributed by atoms with van der Waals surface area (Å²) in [6, 6.07) is 3.73. The van der Waals surface area contributed by atoms with E-state index in [1.54, 1.807) is 6.92 Å². The van der Waals surface area contributed by atoms with Crippen LogP contribution in [0.3, 0.4) is 0 Å². The van der Waals surface area contributed by atoms with Gasteiger partial charge in [0.25, 0.3) is 0 Å². The molecule has 1 aromatic rings. The predicted molar refractivity (Wildman–Crippen MR) is 73.0 cm³/mol. The Morgan fingerprint density at radius 3 is 1.83 bits per heavy atom. The van der Waals surface area contributed by atoms with Gasteiger partial charge >= 0.3 is 6.18 Å². The number of hydrogen-bond donors (Lipinski definition) is 1. The van der Waals surface area contributed by atoms with Gasteiger partial charge in [0.05, 0.1) is 5.56 Å². The fourth-order valence-corrected chi connectivity index (χ4v) is 1.38. The highest BCUT2D eigenvalue weighted by molar-refractivity contribution is 5.53. The molecule has 0 spiro atoms. The van der Waals surface area contributed by atoms with E-state index in [0.717, 1.165) is 17.8 Å². The maximum absolute atomic E-state index is 12.4. The van der Waals surface area contributed by atoms with Gasteiger partial charge in [-0.25, -0.2) is 0 Å². The third-order valence-corrected chi connectivity index (χ3v) is 2.06. The number of rotatable bonds is 1. The molecule has 1 N–H and O–H groups in total. The first-order valence-corrected chi connectivity index (χ1v) is 5.05. The van der Waals surface area contributed by atoms with Crippen molar-refractivity contribution in [2.75, 3.05) is 5.32 Å². The molecule has 0 radical (unpaired) electrons. The molecule has 0 aromatic heterocycles. The molecule has 0 aliphatic heterocycles. The molecule has 1 nitrogen and oxygen atoms in total. The monoisotopic (exact) mass is 263 g/mol. The first kappa shape index (κ1) is 19.2. The Hall–Kier alpha value is -1.19. The second kappa shape index (κ2) is 6.12.